The third-order valence-corrected chi connectivity index (χ3v) is 7.20. The number of methoxy groups -OCH3 is 1. The minimum absolute atomic E-state index is 0.0246. The Kier molecular flexibility index (Phi) is 5.05. The lowest BCUT2D eigenvalue weighted by molar-refractivity contribution is 0.0391. The first-order chi connectivity index (χ1) is 16.9. The Morgan fingerprint density at radius 2 is 1.91 bits per heavy atom. The Hall–Kier alpha value is -3.81. The number of hydrogen-bond acceptors (Lipinski definition) is 4. The summed E-state index contributed by atoms with van der Waals surface area (Å²) in [6.07, 6.45) is 4.84. The number of rotatable bonds is 3. The van der Waals surface area contributed by atoms with Gasteiger partial charge in [0.15, 0.2) is 0 Å². The number of benzene rings is 2. The number of pyridine rings is 1. The second-order valence-corrected chi connectivity index (χ2v) is 9.26. The number of halogens is 2. The van der Waals surface area contributed by atoms with Crippen molar-refractivity contribution in [3.8, 4) is 17.0 Å². The molecule has 0 radical (unpaired) electrons. The van der Waals surface area contributed by atoms with Gasteiger partial charge in [-0.3, -0.25) is 14.5 Å². The standard InChI is InChI=1S/C27H24F2N4O2/c1-32-26(15-9-17(28)12-18(29)10-15)21-13-19-5-3-7-23(25(21)31-32)33(19)27(34)16-11-20-22(30-14-16)6-4-8-24(20)35-2/h4,6,8-12,14,19,23H,3,5,7,13H2,1-2H3/t19-,23+/m0/s1. The molecule has 4 heterocycles. The highest BCUT2D eigenvalue weighted by molar-refractivity contribution is 5.99. The summed E-state index contributed by atoms with van der Waals surface area (Å²) in [5.74, 6) is -0.666. The highest BCUT2D eigenvalue weighted by Gasteiger charge is 2.43. The molecule has 2 bridgehead atoms. The Morgan fingerprint density at radius 1 is 1.11 bits per heavy atom. The predicted molar refractivity (Wildman–Crippen MR) is 127 cm³/mol. The molecule has 6 rings (SSSR count). The number of ether oxygens (including phenoxy) is 1. The lowest BCUT2D eigenvalue weighted by Crippen LogP contribution is -2.49. The first-order valence-electron chi connectivity index (χ1n) is 11.7. The molecule has 0 N–H and O–H groups in total. The van der Waals surface area contributed by atoms with E-state index in [1.807, 2.05) is 29.2 Å². The zero-order valence-electron chi connectivity index (χ0n) is 19.5. The van der Waals surface area contributed by atoms with Crippen molar-refractivity contribution in [2.24, 2.45) is 7.05 Å². The molecule has 0 unspecified atom stereocenters. The highest BCUT2D eigenvalue weighted by atomic mass is 19.1. The molecule has 0 spiro atoms. The second kappa shape index (κ2) is 8.15. The molecule has 0 aliphatic carbocycles. The summed E-state index contributed by atoms with van der Waals surface area (Å²) in [5.41, 5.74) is 4.21. The molecule has 2 aliphatic heterocycles. The zero-order chi connectivity index (χ0) is 24.3. The Morgan fingerprint density at radius 3 is 2.69 bits per heavy atom. The van der Waals surface area contributed by atoms with Crippen LogP contribution in [0.2, 0.25) is 0 Å². The highest BCUT2D eigenvalue weighted by Crippen LogP contribution is 2.45. The molecule has 8 heteroatoms. The molecule has 2 aliphatic rings. The number of piperidine rings is 1. The van der Waals surface area contributed by atoms with Crippen LogP contribution in [0.25, 0.3) is 22.2 Å². The lowest BCUT2D eigenvalue weighted by atomic mass is 9.81. The van der Waals surface area contributed by atoms with Gasteiger partial charge in [0, 0.05) is 41.9 Å². The molecule has 1 fully saturated rings. The molecule has 35 heavy (non-hydrogen) atoms. The van der Waals surface area contributed by atoms with Gasteiger partial charge in [0.1, 0.15) is 17.4 Å². The largest absolute Gasteiger partial charge is 0.496 e. The third kappa shape index (κ3) is 3.47. The van der Waals surface area contributed by atoms with Gasteiger partial charge in [-0.25, -0.2) is 8.78 Å². The zero-order valence-corrected chi connectivity index (χ0v) is 19.5. The molecular formula is C27H24F2N4O2. The van der Waals surface area contributed by atoms with E-state index in [-0.39, 0.29) is 18.0 Å². The fourth-order valence-corrected chi connectivity index (χ4v) is 5.77. The van der Waals surface area contributed by atoms with Crippen molar-refractivity contribution in [1.82, 2.24) is 19.7 Å². The number of nitrogens with zero attached hydrogens (tertiary/aromatic N) is 4. The smallest absolute Gasteiger partial charge is 0.256 e. The Bertz CT molecular complexity index is 1460. The second-order valence-electron chi connectivity index (χ2n) is 9.26. The molecule has 2 aromatic carbocycles. The van der Waals surface area contributed by atoms with E-state index in [9.17, 15) is 13.6 Å². The molecule has 2 atom stereocenters. The minimum atomic E-state index is -0.623. The Balaban J connectivity index is 1.42. The van der Waals surface area contributed by atoms with E-state index >= 15 is 0 Å². The van der Waals surface area contributed by atoms with Crippen LogP contribution in [0.5, 0.6) is 5.75 Å². The van der Waals surface area contributed by atoms with E-state index in [1.165, 1.54) is 12.1 Å². The first kappa shape index (κ1) is 21.7. The van der Waals surface area contributed by atoms with Crippen LogP contribution in [0.15, 0.2) is 48.7 Å². The third-order valence-electron chi connectivity index (χ3n) is 7.20. The topological polar surface area (TPSA) is 60.2 Å². The minimum Gasteiger partial charge on any atom is -0.496 e. The summed E-state index contributed by atoms with van der Waals surface area (Å²) in [7, 11) is 3.38. The normalized spacial score (nSPS) is 19.0. The number of amides is 1. The molecule has 1 amide bonds. The van der Waals surface area contributed by atoms with Crippen molar-refractivity contribution in [2.45, 2.75) is 37.8 Å². The van der Waals surface area contributed by atoms with Gasteiger partial charge in [-0.05, 0) is 56.0 Å². The maximum atomic E-state index is 14.0. The Labute approximate surface area is 201 Å². The average Bonchev–Trinajstić information content (AvgIpc) is 3.17. The molecule has 178 valence electrons. The van der Waals surface area contributed by atoms with E-state index in [0.29, 0.717) is 29.0 Å². The SMILES string of the molecule is COc1cccc2ncc(C(=O)N3[C@H]4CCC[C@@H]3c3nn(C)c(-c5cc(F)cc(F)c5)c3C4)cc12. The molecular weight excluding hydrogens is 450 g/mol. The fraction of sp³-hybridized carbons (Fsp3) is 0.296. The van der Waals surface area contributed by atoms with E-state index in [2.05, 4.69) is 4.98 Å². The van der Waals surface area contributed by atoms with Gasteiger partial charge in [-0.1, -0.05) is 6.07 Å². The van der Waals surface area contributed by atoms with Crippen LogP contribution in [0.1, 0.15) is 46.9 Å². The number of carbonyl (C=O) groups excluding carboxylic acids is 1. The van der Waals surface area contributed by atoms with Gasteiger partial charge in [0.25, 0.3) is 5.91 Å². The number of aromatic nitrogens is 3. The summed E-state index contributed by atoms with van der Waals surface area (Å²) in [6.45, 7) is 0. The van der Waals surface area contributed by atoms with Crippen molar-refractivity contribution in [3.05, 3.63) is 77.1 Å². The summed E-state index contributed by atoms with van der Waals surface area (Å²) in [5, 5.41) is 5.54. The van der Waals surface area contributed by atoms with Gasteiger partial charge in [0.05, 0.1) is 35.6 Å². The molecule has 0 saturated carbocycles. The number of hydrogen-bond donors (Lipinski definition) is 0. The van der Waals surface area contributed by atoms with E-state index < -0.39 is 11.6 Å². The number of fused-ring (bicyclic) bond motifs is 5. The summed E-state index contributed by atoms with van der Waals surface area (Å²) in [4.78, 5) is 20.3. The van der Waals surface area contributed by atoms with E-state index in [4.69, 9.17) is 9.84 Å². The van der Waals surface area contributed by atoms with Crippen molar-refractivity contribution in [3.63, 3.8) is 0 Å². The number of aryl methyl sites for hydroxylation is 1. The lowest BCUT2D eigenvalue weighted by Gasteiger charge is -2.45. The van der Waals surface area contributed by atoms with Gasteiger partial charge in [-0.2, -0.15) is 5.10 Å². The summed E-state index contributed by atoms with van der Waals surface area (Å²) >= 11 is 0. The fourth-order valence-electron chi connectivity index (χ4n) is 5.77. The maximum Gasteiger partial charge on any atom is 0.256 e. The van der Waals surface area contributed by atoms with Crippen molar-refractivity contribution in [1.29, 1.82) is 0 Å². The van der Waals surface area contributed by atoms with Gasteiger partial charge in [-0.15, -0.1) is 0 Å². The van der Waals surface area contributed by atoms with Crippen molar-refractivity contribution >= 4 is 16.8 Å². The molecule has 4 aromatic rings. The summed E-state index contributed by atoms with van der Waals surface area (Å²) in [6, 6.07) is 10.8. The van der Waals surface area contributed by atoms with Crippen LogP contribution < -0.4 is 4.74 Å². The first-order valence-corrected chi connectivity index (χ1v) is 11.7. The van der Waals surface area contributed by atoms with Crippen LogP contribution in [0, 0.1) is 11.6 Å². The predicted octanol–water partition coefficient (Wildman–Crippen LogP) is 5.21. The van der Waals surface area contributed by atoms with Gasteiger partial charge >= 0.3 is 0 Å². The number of carbonyl (C=O) groups is 1. The van der Waals surface area contributed by atoms with Crippen LogP contribution >= 0.6 is 0 Å². The van der Waals surface area contributed by atoms with Crippen molar-refractivity contribution in [2.75, 3.05) is 7.11 Å². The van der Waals surface area contributed by atoms with Gasteiger partial charge < -0.3 is 9.64 Å². The van der Waals surface area contributed by atoms with Crippen LogP contribution in [0.4, 0.5) is 8.78 Å². The molecule has 1 saturated heterocycles. The average molecular weight is 475 g/mol. The summed E-state index contributed by atoms with van der Waals surface area (Å²) < 4.78 is 35.2. The van der Waals surface area contributed by atoms with E-state index in [1.54, 1.807) is 25.0 Å². The maximum absolute atomic E-state index is 14.0. The van der Waals surface area contributed by atoms with Crippen LogP contribution in [0.3, 0.4) is 0 Å². The van der Waals surface area contributed by atoms with Crippen LogP contribution in [-0.4, -0.2) is 38.7 Å². The monoisotopic (exact) mass is 474 g/mol. The van der Waals surface area contributed by atoms with Gasteiger partial charge in [0.2, 0.25) is 0 Å². The van der Waals surface area contributed by atoms with Crippen LogP contribution in [-0.2, 0) is 13.5 Å². The molecule has 2 aromatic heterocycles. The van der Waals surface area contributed by atoms with Crippen molar-refractivity contribution < 1.29 is 18.3 Å². The van der Waals surface area contributed by atoms with E-state index in [0.717, 1.165) is 47.5 Å². The molecule has 6 nitrogen and oxygen atoms in total. The quantitative estimate of drug-likeness (QED) is 0.409.